The zero-order valence-electron chi connectivity index (χ0n) is 10.9. The second-order valence-electron chi connectivity index (χ2n) is 4.36. The van der Waals surface area contributed by atoms with Gasteiger partial charge >= 0.3 is 0 Å². The minimum atomic E-state index is 0.318. The maximum Gasteiger partial charge on any atom is 0.183 e. The molecule has 2 N–H and O–H groups in total. The number of aromatic nitrogens is 3. The summed E-state index contributed by atoms with van der Waals surface area (Å²) in [6.07, 6.45) is 1.54. The number of nitrogens with zero attached hydrogens (tertiary/aromatic N) is 2. The van der Waals surface area contributed by atoms with E-state index in [9.17, 15) is 0 Å². The van der Waals surface area contributed by atoms with Crippen LogP contribution in [-0.2, 0) is 0 Å². The molecular weight excluding hydrogens is 244 g/mol. The molecule has 1 unspecified atom stereocenters. The minimum absolute atomic E-state index is 0.318. The molecule has 0 spiro atoms. The molecule has 4 nitrogen and oxygen atoms in total. The lowest BCUT2D eigenvalue weighted by atomic mass is 10.0. The van der Waals surface area contributed by atoms with Crippen LogP contribution >= 0.6 is 11.8 Å². The van der Waals surface area contributed by atoms with Gasteiger partial charge in [-0.3, -0.25) is 5.10 Å². The number of thioether (sulfide) groups is 1. The van der Waals surface area contributed by atoms with Gasteiger partial charge in [0.25, 0.3) is 0 Å². The minimum Gasteiger partial charge on any atom is -0.312 e. The third kappa shape index (κ3) is 3.34. The Morgan fingerprint density at radius 1 is 1.28 bits per heavy atom. The van der Waals surface area contributed by atoms with Crippen LogP contribution in [0.4, 0.5) is 0 Å². The van der Waals surface area contributed by atoms with Gasteiger partial charge in [-0.2, -0.15) is 5.10 Å². The normalized spacial score (nSPS) is 12.6. The van der Waals surface area contributed by atoms with Crippen LogP contribution in [0.1, 0.15) is 22.7 Å². The molecule has 0 amide bonds. The van der Waals surface area contributed by atoms with Crippen molar-refractivity contribution in [3.05, 3.63) is 41.2 Å². The fraction of sp³-hybridized carbons (Fsp3) is 0.385. The number of rotatable bonds is 5. The summed E-state index contributed by atoms with van der Waals surface area (Å²) in [6, 6.07) is 6.98. The number of hydrogen-bond acceptors (Lipinski definition) is 4. The topological polar surface area (TPSA) is 53.6 Å². The second kappa shape index (κ2) is 6.02. The Morgan fingerprint density at radius 2 is 2.00 bits per heavy atom. The summed E-state index contributed by atoms with van der Waals surface area (Å²) in [5.41, 5.74) is 3.92. The number of benzene rings is 1. The summed E-state index contributed by atoms with van der Waals surface area (Å²) in [4.78, 5) is 4.12. The van der Waals surface area contributed by atoms with Gasteiger partial charge in [-0.1, -0.05) is 41.1 Å². The van der Waals surface area contributed by atoms with E-state index in [1.54, 1.807) is 11.8 Å². The molecular formula is C13H18N4S. The zero-order chi connectivity index (χ0) is 13.0. The quantitative estimate of drug-likeness (QED) is 0.813. The van der Waals surface area contributed by atoms with Crippen LogP contribution in [-0.4, -0.2) is 28.0 Å². The van der Waals surface area contributed by atoms with Crippen molar-refractivity contribution >= 4 is 11.8 Å². The summed E-state index contributed by atoms with van der Waals surface area (Å²) in [6.45, 7) is 4.26. The molecule has 0 radical (unpaired) electrons. The summed E-state index contributed by atoms with van der Waals surface area (Å²) in [5, 5.41) is 10.9. The van der Waals surface area contributed by atoms with Crippen molar-refractivity contribution < 1.29 is 0 Å². The number of aryl methyl sites for hydroxylation is 2. The van der Waals surface area contributed by atoms with Gasteiger partial charge in [-0.05, 0) is 26.5 Å². The van der Waals surface area contributed by atoms with E-state index < -0.39 is 0 Å². The Balaban J connectivity index is 2.07. The monoisotopic (exact) mass is 262 g/mol. The lowest BCUT2D eigenvalue weighted by Gasteiger charge is -2.17. The molecule has 1 atom stereocenters. The first-order valence-corrected chi connectivity index (χ1v) is 6.91. The van der Waals surface area contributed by atoms with Crippen molar-refractivity contribution in [3.8, 4) is 0 Å². The van der Waals surface area contributed by atoms with Crippen molar-refractivity contribution in [1.29, 1.82) is 0 Å². The summed E-state index contributed by atoms with van der Waals surface area (Å²) >= 11 is 1.67. The highest BCUT2D eigenvalue weighted by Gasteiger charge is 2.11. The fourth-order valence-electron chi connectivity index (χ4n) is 1.98. The van der Waals surface area contributed by atoms with Crippen molar-refractivity contribution in [2.75, 3.05) is 12.8 Å². The smallest absolute Gasteiger partial charge is 0.183 e. The van der Waals surface area contributed by atoms with E-state index >= 15 is 0 Å². The van der Waals surface area contributed by atoms with Gasteiger partial charge in [0.15, 0.2) is 5.16 Å². The lowest BCUT2D eigenvalue weighted by Crippen LogP contribution is -2.19. The molecule has 1 aromatic heterocycles. The average molecular weight is 262 g/mol. The average Bonchev–Trinajstić information content (AvgIpc) is 2.81. The maximum atomic E-state index is 4.12. The van der Waals surface area contributed by atoms with E-state index in [0.29, 0.717) is 6.04 Å². The highest BCUT2D eigenvalue weighted by molar-refractivity contribution is 7.99. The molecule has 0 saturated carbocycles. The first-order valence-electron chi connectivity index (χ1n) is 5.92. The number of aromatic amines is 1. The Morgan fingerprint density at radius 3 is 2.56 bits per heavy atom. The van der Waals surface area contributed by atoms with Crippen LogP contribution in [0.15, 0.2) is 29.7 Å². The molecule has 2 aromatic rings. The van der Waals surface area contributed by atoms with Crippen LogP contribution in [0.5, 0.6) is 0 Å². The Labute approximate surface area is 112 Å². The first kappa shape index (κ1) is 13.1. The zero-order valence-corrected chi connectivity index (χ0v) is 11.7. The number of nitrogens with one attached hydrogen (secondary N) is 2. The maximum absolute atomic E-state index is 4.12. The van der Waals surface area contributed by atoms with Gasteiger partial charge in [0.2, 0.25) is 0 Å². The van der Waals surface area contributed by atoms with E-state index in [1.165, 1.54) is 23.0 Å². The molecule has 1 aromatic carbocycles. The highest BCUT2D eigenvalue weighted by atomic mass is 32.2. The molecule has 0 aliphatic carbocycles. The van der Waals surface area contributed by atoms with Gasteiger partial charge in [-0.15, -0.1) is 0 Å². The molecule has 18 heavy (non-hydrogen) atoms. The van der Waals surface area contributed by atoms with Crippen LogP contribution in [0.3, 0.4) is 0 Å². The van der Waals surface area contributed by atoms with Gasteiger partial charge in [0, 0.05) is 11.8 Å². The van der Waals surface area contributed by atoms with E-state index in [4.69, 9.17) is 0 Å². The Hall–Kier alpha value is -1.33. The van der Waals surface area contributed by atoms with Crippen LogP contribution in [0.25, 0.3) is 0 Å². The fourth-order valence-corrected chi connectivity index (χ4v) is 2.91. The second-order valence-corrected chi connectivity index (χ2v) is 5.37. The van der Waals surface area contributed by atoms with Crippen molar-refractivity contribution in [3.63, 3.8) is 0 Å². The summed E-state index contributed by atoms with van der Waals surface area (Å²) in [7, 11) is 1.99. The van der Waals surface area contributed by atoms with E-state index in [0.717, 1.165) is 10.9 Å². The van der Waals surface area contributed by atoms with Crippen LogP contribution in [0.2, 0.25) is 0 Å². The molecule has 0 bridgehead atoms. The third-order valence-corrected chi connectivity index (χ3v) is 3.74. The molecule has 0 aliphatic rings. The van der Waals surface area contributed by atoms with Crippen molar-refractivity contribution in [1.82, 2.24) is 20.5 Å². The summed E-state index contributed by atoms with van der Waals surface area (Å²) < 4.78 is 0. The molecule has 5 heteroatoms. The third-order valence-electron chi connectivity index (χ3n) is 2.77. The van der Waals surface area contributed by atoms with E-state index in [2.05, 4.69) is 52.5 Å². The Kier molecular flexibility index (Phi) is 4.38. The lowest BCUT2D eigenvalue weighted by molar-refractivity contribution is 0.660. The van der Waals surface area contributed by atoms with Crippen molar-refractivity contribution in [2.45, 2.75) is 25.0 Å². The molecule has 2 rings (SSSR count). The predicted molar refractivity (Wildman–Crippen MR) is 74.8 cm³/mol. The van der Waals surface area contributed by atoms with E-state index in [1.807, 2.05) is 7.05 Å². The molecule has 1 heterocycles. The Bertz CT molecular complexity index is 475. The van der Waals surface area contributed by atoms with Gasteiger partial charge < -0.3 is 5.32 Å². The number of H-pyrrole nitrogens is 1. The highest BCUT2D eigenvalue weighted by Crippen LogP contribution is 2.23. The predicted octanol–water partition coefficient (Wildman–Crippen LogP) is 2.47. The van der Waals surface area contributed by atoms with Gasteiger partial charge in [-0.25, -0.2) is 4.98 Å². The first-order chi connectivity index (χ1) is 8.69. The van der Waals surface area contributed by atoms with Crippen molar-refractivity contribution in [2.24, 2.45) is 0 Å². The van der Waals surface area contributed by atoms with Gasteiger partial charge in [0.05, 0.1) is 0 Å². The molecule has 0 aliphatic heterocycles. The molecule has 0 saturated heterocycles. The van der Waals surface area contributed by atoms with Gasteiger partial charge in [0.1, 0.15) is 6.33 Å². The largest absolute Gasteiger partial charge is 0.312 e. The standard InChI is InChI=1S/C13H18N4S/c1-9-4-10(2)6-11(5-9)12(14-3)7-18-13-15-8-16-17-13/h4-6,8,12,14H,7H2,1-3H3,(H,15,16,17). The van der Waals surface area contributed by atoms with Crippen LogP contribution in [0, 0.1) is 13.8 Å². The summed E-state index contributed by atoms with van der Waals surface area (Å²) in [5.74, 6) is 0.925. The number of hydrogen-bond donors (Lipinski definition) is 2. The molecule has 0 fully saturated rings. The van der Waals surface area contributed by atoms with E-state index in [-0.39, 0.29) is 0 Å². The van der Waals surface area contributed by atoms with Crippen LogP contribution < -0.4 is 5.32 Å². The SMILES string of the molecule is CNC(CSc1ncn[nH]1)c1cc(C)cc(C)c1. The molecule has 96 valence electrons.